The molecule has 1 heterocycles. The highest BCUT2D eigenvalue weighted by Crippen LogP contribution is 2.32. The highest BCUT2D eigenvalue weighted by atomic mass is 35.5. The number of hydrogen-bond acceptors (Lipinski definition) is 3. The van der Waals surface area contributed by atoms with E-state index in [9.17, 15) is 0 Å². The summed E-state index contributed by atoms with van der Waals surface area (Å²) in [4.78, 5) is 1.22. The van der Waals surface area contributed by atoms with Gasteiger partial charge in [0.15, 0.2) is 0 Å². The van der Waals surface area contributed by atoms with E-state index in [1.807, 2.05) is 13.0 Å². The average Bonchev–Trinajstić information content (AvgIpc) is 2.80. The third kappa shape index (κ3) is 3.64. The van der Waals surface area contributed by atoms with Gasteiger partial charge in [-0.25, -0.2) is 0 Å². The van der Waals surface area contributed by atoms with Crippen molar-refractivity contribution in [1.29, 1.82) is 0 Å². The first kappa shape index (κ1) is 14.2. The van der Waals surface area contributed by atoms with Crippen LogP contribution in [0.4, 0.5) is 5.69 Å². The van der Waals surface area contributed by atoms with Crippen molar-refractivity contribution in [3.05, 3.63) is 45.1 Å². The van der Waals surface area contributed by atoms with Gasteiger partial charge in [0, 0.05) is 4.88 Å². The summed E-state index contributed by atoms with van der Waals surface area (Å²) >= 11 is 7.57. The molecule has 0 aliphatic carbocycles. The number of nitrogens with one attached hydrogen (secondary N) is 1. The van der Waals surface area contributed by atoms with Crippen LogP contribution in [0, 0.1) is 6.92 Å². The molecular weight excluding hydrogens is 278 g/mol. The van der Waals surface area contributed by atoms with Gasteiger partial charge in [0.05, 0.1) is 22.7 Å². The normalized spacial score (nSPS) is 12.2. The Balaban J connectivity index is 2.18. The third-order valence-electron chi connectivity index (χ3n) is 2.83. The predicted octanol–water partition coefficient (Wildman–Crippen LogP) is 5.28. The van der Waals surface area contributed by atoms with Crippen LogP contribution in [0.15, 0.2) is 30.3 Å². The van der Waals surface area contributed by atoms with Crippen molar-refractivity contribution in [3.63, 3.8) is 0 Å². The fourth-order valence-electron chi connectivity index (χ4n) is 1.89. The molecule has 2 rings (SSSR count). The third-order valence-corrected chi connectivity index (χ3v) is 4.24. The van der Waals surface area contributed by atoms with E-state index in [4.69, 9.17) is 16.3 Å². The highest BCUT2D eigenvalue weighted by Gasteiger charge is 2.11. The molecule has 0 amide bonds. The second-order valence-electron chi connectivity index (χ2n) is 4.44. The molecule has 0 saturated heterocycles. The molecule has 0 fully saturated rings. The summed E-state index contributed by atoms with van der Waals surface area (Å²) in [6.45, 7) is 6.85. The maximum absolute atomic E-state index is 5.98. The van der Waals surface area contributed by atoms with Crippen LogP contribution < -0.4 is 10.1 Å². The first-order chi connectivity index (χ1) is 9.10. The van der Waals surface area contributed by atoms with E-state index in [1.54, 1.807) is 11.3 Å². The van der Waals surface area contributed by atoms with E-state index in [2.05, 4.69) is 43.4 Å². The number of hydrogen-bond donors (Lipinski definition) is 1. The highest BCUT2D eigenvalue weighted by molar-refractivity contribution is 7.16. The molecule has 1 aromatic heterocycles. The van der Waals surface area contributed by atoms with Crippen molar-refractivity contribution >= 4 is 28.6 Å². The lowest BCUT2D eigenvalue weighted by Gasteiger charge is -2.17. The zero-order valence-corrected chi connectivity index (χ0v) is 12.9. The van der Waals surface area contributed by atoms with Gasteiger partial charge in [-0.05, 0) is 50.6 Å². The summed E-state index contributed by atoms with van der Waals surface area (Å²) in [6.07, 6.45) is 0. The van der Waals surface area contributed by atoms with Crippen molar-refractivity contribution in [2.45, 2.75) is 26.8 Å². The van der Waals surface area contributed by atoms with Gasteiger partial charge >= 0.3 is 0 Å². The van der Waals surface area contributed by atoms with Gasteiger partial charge < -0.3 is 10.1 Å². The van der Waals surface area contributed by atoms with Crippen LogP contribution in [0.3, 0.4) is 0 Å². The quantitative estimate of drug-likeness (QED) is 0.810. The molecular formula is C15H18ClNOS. The molecule has 0 aliphatic rings. The molecule has 2 aromatic rings. The van der Waals surface area contributed by atoms with E-state index < -0.39 is 0 Å². The van der Waals surface area contributed by atoms with Crippen molar-refractivity contribution in [1.82, 2.24) is 0 Å². The fraction of sp³-hybridized carbons (Fsp3) is 0.333. The first-order valence-corrected chi connectivity index (χ1v) is 7.55. The maximum Gasteiger partial charge on any atom is 0.142 e. The summed E-state index contributed by atoms with van der Waals surface area (Å²) in [6, 6.07) is 10.4. The standard InChI is InChI=1S/C15H18ClNOS/c1-4-18-13-9-10(2)5-6-12(13)17-11(3)14-7-8-15(16)19-14/h5-9,11,17H,4H2,1-3H3. The monoisotopic (exact) mass is 295 g/mol. The molecule has 0 radical (unpaired) electrons. The van der Waals surface area contributed by atoms with Crippen molar-refractivity contribution < 1.29 is 4.74 Å². The molecule has 0 aliphatic heterocycles. The number of thiophene rings is 1. The number of ether oxygens (including phenoxy) is 1. The fourth-order valence-corrected chi connectivity index (χ4v) is 2.95. The van der Waals surface area contributed by atoms with Crippen LogP contribution in [0.2, 0.25) is 4.34 Å². The van der Waals surface area contributed by atoms with Gasteiger partial charge in [0.25, 0.3) is 0 Å². The molecule has 1 N–H and O–H groups in total. The van der Waals surface area contributed by atoms with Gasteiger partial charge in [-0.15, -0.1) is 11.3 Å². The Hall–Kier alpha value is -1.19. The topological polar surface area (TPSA) is 21.3 Å². The number of anilines is 1. The largest absolute Gasteiger partial charge is 0.492 e. The van der Waals surface area contributed by atoms with Crippen LogP contribution in [0.5, 0.6) is 5.75 Å². The Labute approximate surface area is 123 Å². The molecule has 19 heavy (non-hydrogen) atoms. The SMILES string of the molecule is CCOc1cc(C)ccc1NC(C)c1ccc(Cl)s1. The van der Waals surface area contributed by atoms with Gasteiger partial charge in [-0.3, -0.25) is 0 Å². The molecule has 102 valence electrons. The zero-order valence-electron chi connectivity index (χ0n) is 11.4. The van der Waals surface area contributed by atoms with E-state index in [1.165, 1.54) is 10.4 Å². The second kappa shape index (κ2) is 6.31. The molecule has 4 heteroatoms. The Morgan fingerprint density at radius 2 is 2.11 bits per heavy atom. The number of halogens is 1. The van der Waals surface area contributed by atoms with E-state index in [0.29, 0.717) is 6.61 Å². The molecule has 0 saturated carbocycles. The van der Waals surface area contributed by atoms with Crippen LogP contribution in [-0.4, -0.2) is 6.61 Å². The lowest BCUT2D eigenvalue weighted by molar-refractivity contribution is 0.341. The molecule has 0 spiro atoms. The molecule has 1 atom stereocenters. The second-order valence-corrected chi connectivity index (χ2v) is 6.19. The Bertz CT molecular complexity index is 553. The summed E-state index contributed by atoms with van der Waals surface area (Å²) in [5, 5.41) is 3.48. The minimum atomic E-state index is 0.208. The molecule has 0 bridgehead atoms. The lowest BCUT2D eigenvalue weighted by Crippen LogP contribution is -2.07. The van der Waals surface area contributed by atoms with Gasteiger partial charge in [-0.1, -0.05) is 17.7 Å². The maximum atomic E-state index is 5.98. The van der Waals surface area contributed by atoms with Gasteiger partial charge in [-0.2, -0.15) is 0 Å². The predicted molar refractivity (Wildman–Crippen MR) is 83.7 cm³/mol. The van der Waals surface area contributed by atoms with E-state index >= 15 is 0 Å². The molecule has 1 aromatic carbocycles. The Kier molecular flexibility index (Phi) is 4.72. The minimum Gasteiger partial charge on any atom is -0.492 e. The average molecular weight is 296 g/mol. The van der Waals surface area contributed by atoms with Gasteiger partial charge in [0.1, 0.15) is 5.75 Å². The van der Waals surface area contributed by atoms with Crippen LogP contribution in [0.1, 0.15) is 30.3 Å². The number of aryl methyl sites for hydroxylation is 1. The van der Waals surface area contributed by atoms with Crippen molar-refractivity contribution in [2.24, 2.45) is 0 Å². The Morgan fingerprint density at radius 1 is 1.32 bits per heavy atom. The lowest BCUT2D eigenvalue weighted by atomic mass is 10.2. The first-order valence-electron chi connectivity index (χ1n) is 6.35. The molecule has 2 nitrogen and oxygen atoms in total. The van der Waals surface area contributed by atoms with Crippen molar-refractivity contribution in [2.75, 3.05) is 11.9 Å². The summed E-state index contributed by atoms with van der Waals surface area (Å²) < 4.78 is 6.49. The molecule has 1 unspecified atom stereocenters. The Morgan fingerprint density at radius 3 is 2.74 bits per heavy atom. The van der Waals surface area contributed by atoms with E-state index in [0.717, 1.165) is 15.8 Å². The van der Waals surface area contributed by atoms with E-state index in [-0.39, 0.29) is 6.04 Å². The van der Waals surface area contributed by atoms with Gasteiger partial charge in [0.2, 0.25) is 0 Å². The summed E-state index contributed by atoms with van der Waals surface area (Å²) in [5.74, 6) is 0.900. The zero-order chi connectivity index (χ0) is 13.8. The smallest absolute Gasteiger partial charge is 0.142 e. The number of benzene rings is 1. The minimum absolute atomic E-state index is 0.208. The van der Waals surface area contributed by atoms with Crippen LogP contribution in [0.25, 0.3) is 0 Å². The number of rotatable bonds is 5. The van der Waals surface area contributed by atoms with Crippen molar-refractivity contribution in [3.8, 4) is 5.75 Å². The summed E-state index contributed by atoms with van der Waals surface area (Å²) in [5.41, 5.74) is 2.21. The van der Waals surface area contributed by atoms with Crippen LogP contribution >= 0.6 is 22.9 Å². The van der Waals surface area contributed by atoms with Crippen LogP contribution in [-0.2, 0) is 0 Å². The summed E-state index contributed by atoms with van der Waals surface area (Å²) in [7, 11) is 0.